The van der Waals surface area contributed by atoms with Gasteiger partial charge in [0.25, 0.3) is 0 Å². The van der Waals surface area contributed by atoms with Gasteiger partial charge in [-0.1, -0.05) is 6.07 Å². The van der Waals surface area contributed by atoms with Gasteiger partial charge in [-0.25, -0.2) is 4.98 Å². The largest absolute Gasteiger partial charge is 0.304 e. The Kier molecular flexibility index (Phi) is 4.25. The van der Waals surface area contributed by atoms with Crippen molar-refractivity contribution in [2.75, 3.05) is 39.8 Å². The van der Waals surface area contributed by atoms with Crippen LogP contribution in [-0.2, 0) is 0 Å². The molecule has 0 aromatic carbocycles. The van der Waals surface area contributed by atoms with Crippen LogP contribution in [-0.4, -0.2) is 60.3 Å². The molecule has 4 nitrogen and oxygen atoms in total. The molecule has 92 valence electrons. The summed E-state index contributed by atoms with van der Waals surface area (Å²) in [6.07, 6.45) is 0. The van der Waals surface area contributed by atoms with Crippen molar-refractivity contribution in [3.63, 3.8) is 0 Å². The van der Waals surface area contributed by atoms with Gasteiger partial charge in [0.2, 0.25) is 0 Å². The normalized spacial score (nSPS) is 18.2. The first-order valence-electron chi connectivity index (χ1n) is 5.72. The minimum absolute atomic E-state index is 0.0934. The van der Waals surface area contributed by atoms with Crippen LogP contribution in [0.15, 0.2) is 22.8 Å². The van der Waals surface area contributed by atoms with Crippen LogP contribution in [0.2, 0.25) is 0 Å². The number of rotatable bonds is 3. The quantitative estimate of drug-likeness (QED) is 0.622. The summed E-state index contributed by atoms with van der Waals surface area (Å²) in [7, 11) is 2.11. The van der Waals surface area contributed by atoms with E-state index in [0.717, 1.165) is 26.2 Å². The maximum absolute atomic E-state index is 12.0. The lowest BCUT2D eigenvalue weighted by atomic mass is 10.2. The van der Waals surface area contributed by atoms with Crippen LogP contribution in [0.1, 0.15) is 10.5 Å². The minimum Gasteiger partial charge on any atom is -0.304 e. The predicted molar refractivity (Wildman–Crippen MR) is 70.2 cm³/mol. The van der Waals surface area contributed by atoms with E-state index in [1.54, 1.807) is 6.07 Å². The average Bonchev–Trinajstić information content (AvgIpc) is 2.32. The number of ketones is 1. The summed E-state index contributed by atoms with van der Waals surface area (Å²) >= 11 is 3.28. The molecule has 0 spiro atoms. The van der Waals surface area contributed by atoms with Gasteiger partial charge in [0.1, 0.15) is 10.3 Å². The van der Waals surface area contributed by atoms with Gasteiger partial charge >= 0.3 is 0 Å². The monoisotopic (exact) mass is 297 g/mol. The number of aromatic nitrogens is 1. The second kappa shape index (κ2) is 5.71. The van der Waals surface area contributed by atoms with Crippen molar-refractivity contribution in [3.05, 3.63) is 28.5 Å². The van der Waals surface area contributed by atoms with Crippen molar-refractivity contribution in [1.82, 2.24) is 14.8 Å². The molecule has 1 aromatic heterocycles. The lowest BCUT2D eigenvalue weighted by Crippen LogP contribution is -2.46. The number of pyridine rings is 1. The van der Waals surface area contributed by atoms with Gasteiger partial charge < -0.3 is 4.90 Å². The van der Waals surface area contributed by atoms with Crippen LogP contribution >= 0.6 is 15.9 Å². The standard InChI is InChI=1S/C12H16BrN3O/c1-15-5-7-16(8-6-15)9-11(17)10-3-2-4-12(13)14-10/h2-4H,5-9H2,1H3. The number of hydrogen-bond acceptors (Lipinski definition) is 4. The molecular formula is C12H16BrN3O. The molecule has 1 aromatic rings. The topological polar surface area (TPSA) is 36.4 Å². The Morgan fingerprint density at radius 1 is 1.35 bits per heavy atom. The number of carbonyl (C=O) groups excluding carboxylic acids is 1. The lowest BCUT2D eigenvalue weighted by molar-refractivity contribution is 0.0871. The van der Waals surface area contributed by atoms with Crippen LogP contribution in [0.4, 0.5) is 0 Å². The zero-order valence-electron chi connectivity index (χ0n) is 9.90. The number of piperazine rings is 1. The van der Waals surface area contributed by atoms with Crippen LogP contribution < -0.4 is 0 Å². The number of Topliss-reactive ketones (excluding diaryl/α,β-unsaturated/α-hetero) is 1. The van der Waals surface area contributed by atoms with Gasteiger partial charge in [-0.15, -0.1) is 0 Å². The molecule has 1 aliphatic rings. The first-order chi connectivity index (χ1) is 8.15. The molecule has 0 bridgehead atoms. The molecule has 0 saturated carbocycles. The van der Waals surface area contributed by atoms with E-state index in [0.29, 0.717) is 16.8 Å². The number of carbonyl (C=O) groups is 1. The van der Waals surface area contributed by atoms with Crippen LogP contribution in [0.3, 0.4) is 0 Å². The van der Waals surface area contributed by atoms with Gasteiger partial charge in [0.15, 0.2) is 5.78 Å². The summed E-state index contributed by atoms with van der Waals surface area (Å²) in [6, 6.07) is 5.43. The van der Waals surface area contributed by atoms with Crippen molar-refractivity contribution in [1.29, 1.82) is 0 Å². The fourth-order valence-corrected chi connectivity index (χ4v) is 2.20. The van der Waals surface area contributed by atoms with Crippen LogP contribution in [0.25, 0.3) is 0 Å². The highest BCUT2D eigenvalue weighted by molar-refractivity contribution is 9.10. The molecule has 1 fully saturated rings. The van der Waals surface area contributed by atoms with E-state index in [-0.39, 0.29) is 5.78 Å². The molecule has 0 unspecified atom stereocenters. The second-order valence-electron chi connectivity index (χ2n) is 4.35. The highest BCUT2D eigenvalue weighted by atomic mass is 79.9. The molecule has 0 aliphatic carbocycles. The van der Waals surface area contributed by atoms with Crippen molar-refractivity contribution >= 4 is 21.7 Å². The average molecular weight is 298 g/mol. The van der Waals surface area contributed by atoms with Gasteiger partial charge in [0, 0.05) is 26.2 Å². The third kappa shape index (κ3) is 3.59. The molecule has 0 radical (unpaired) electrons. The minimum atomic E-state index is 0.0934. The molecule has 2 rings (SSSR count). The first kappa shape index (κ1) is 12.7. The van der Waals surface area contributed by atoms with Gasteiger partial charge in [-0.05, 0) is 35.1 Å². The van der Waals surface area contributed by atoms with Crippen LogP contribution in [0.5, 0.6) is 0 Å². The Labute approximate surface area is 110 Å². The highest BCUT2D eigenvalue weighted by Crippen LogP contribution is 2.08. The fourth-order valence-electron chi connectivity index (χ4n) is 1.85. The molecular weight excluding hydrogens is 282 g/mol. The summed E-state index contributed by atoms with van der Waals surface area (Å²) in [6.45, 7) is 4.43. The Balaban J connectivity index is 1.93. The van der Waals surface area contributed by atoms with E-state index in [1.165, 1.54) is 0 Å². The van der Waals surface area contributed by atoms with E-state index >= 15 is 0 Å². The third-order valence-corrected chi connectivity index (χ3v) is 3.41. The molecule has 1 aliphatic heterocycles. The zero-order chi connectivity index (χ0) is 12.3. The summed E-state index contributed by atoms with van der Waals surface area (Å²) in [5, 5.41) is 0. The van der Waals surface area contributed by atoms with Gasteiger partial charge in [-0.3, -0.25) is 9.69 Å². The van der Waals surface area contributed by atoms with Crippen molar-refractivity contribution in [2.24, 2.45) is 0 Å². The van der Waals surface area contributed by atoms with Gasteiger partial charge in [-0.2, -0.15) is 0 Å². The number of halogens is 1. The predicted octanol–water partition coefficient (Wildman–Crippen LogP) is 1.27. The second-order valence-corrected chi connectivity index (χ2v) is 5.16. The molecule has 0 N–H and O–H groups in total. The Morgan fingerprint density at radius 3 is 2.71 bits per heavy atom. The first-order valence-corrected chi connectivity index (χ1v) is 6.51. The summed E-state index contributed by atoms with van der Waals surface area (Å²) < 4.78 is 0.710. The molecule has 0 atom stereocenters. The Bertz CT molecular complexity index is 402. The summed E-state index contributed by atoms with van der Waals surface area (Å²) in [4.78, 5) is 20.7. The van der Waals surface area contributed by atoms with Crippen molar-refractivity contribution < 1.29 is 4.79 Å². The zero-order valence-corrected chi connectivity index (χ0v) is 11.5. The summed E-state index contributed by atoms with van der Waals surface area (Å²) in [5.74, 6) is 0.0934. The van der Waals surface area contributed by atoms with Crippen molar-refractivity contribution in [2.45, 2.75) is 0 Å². The van der Waals surface area contributed by atoms with Crippen LogP contribution in [0, 0.1) is 0 Å². The SMILES string of the molecule is CN1CCN(CC(=O)c2cccc(Br)n2)CC1. The van der Waals surface area contributed by atoms with E-state index in [9.17, 15) is 4.79 Å². The molecule has 17 heavy (non-hydrogen) atoms. The maximum atomic E-state index is 12.0. The molecule has 0 amide bonds. The third-order valence-electron chi connectivity index (χ3n) is 2.96. The smallest absolute Gasteiger partial charge is 0.195 e. The van der Waals surface area contributed by atoms with E-state index in [2.05, 4.69) is 37.8 Å². The van der Waals surface area contributed by atoms with E-state index in [4.69, 9.17) is 0 Å². The lowest BCUT2D eigenvalue weighted by Gasteiger charge is -2.31. The summed E-state index contributed by atoms with van der Waals surface area (Å²) in [5.41, 5.74) is 0.540. The Hall–Kier alpha value is -0.780. The Morgan fingerprint density at radius 2 is 2.06 bits per heavy atom. The van der Waals surface area contributed by atoms with Gasteiger partial charge in [0.05, 0.1) is 6.54 Å². The number of hydrogen-bond donors (Lipinski definition) is 0. The number of nitrogens with zero attached hydrogens (tertiary/aromatic N) is 3. The van der Waals surface area contributed by atoms with E-state index < -0.39 is 0 Å². The highest BCUT2D eigenvalue weighted by Gasteiger charge is 2.17. The fraction of sp³-hybridized carbons (Fsp3) is 0.500. The molecule has 2 heterocycles. The van der Waals surface area contributed by atoms with Crippen molar-refractivity contribution in [3.8, 4) is 0 Å². The number of likely N-dealkylation sites (N-methyl/N-ethyl adjacent to an activating group) is 1. The molecule has 5 heteroatoms. The van der Waals surface area contributed by atoms with E-state index in [1.807, 2.05) is 12.1 Å². The maximum Gasteiger partial charge on any atom is 0.195 e. The molecule has 1 saturated heterocycles.